The molecule has 4 aromatic rings. The highest BCUT2D eigenvalue weighted by atomic mass is 32.2. The summed E-state index contributed by atoms with van der Waals surface area (Å²) in [5, 5.41) is 8.72. The number of aromatic nitrogens is 3. The molecule has 0 saturated carbocycles. The van der Waals surface area contributed by atoms with Crippen molar-refractivity contribution in [2.75, 3.05) is 5.32 Å². The maximum atomic E-state index is 12.7. The number of thioether (sulfide) groups is 1. The SMILES string of the molecule is Cc1cc(NC(=O)c2ccc(SC(C)C)cc2)n(-c2nc3ccccc3s2)n1. The summed E-state index contributed by atoms with van der Waals surface area (Å²) >= 11 is 3.32. The molecular formula is C21H20N4OS2. The van der Waals surface area contributed by atoms with Crippen LogP contribution in [0.3, 0.4) is 0 Å². The van der Waals surface area contributed by atoms with Gasteiger partial charge in [-0.2, -0.15) is 9.78 Å². The Morgan fingerprint density at radius 3 is 2.61 bits per heavy atom. The molecule has 0 atom stereocenters. The Hall–Kier alpha value is -2.64. The maximum Gasteiger partial charge on any atom is 0.256 e. The van der Waals surface area contributed by atoms with Crippen LogP contribution in [0.25, 0.3) is 15.3 Å². The second kappa shape index (κ2) is 7.77. The van der Waals surface area contributed by atoms with Crippen molar-refractivity contribution in [2.45, 2.75) is 30.9 Å². The molecule has 5 nitrogen and oxygen atoms in total. The lowest BCUT2D eigenvalue weighted by Crippen LogP contribution is -2.15. The number of fused-ring (bicyclic) bond motifs is 1. The largest absolute Gasteiger partial charge is 0.306 e. The van der Waals surface area contributed by atoms with Crippen LogP contribution < -0.4 is 5.32 Å². The van der Waals surface area contributed by atoms with E-state index < -0.39 is 0 Å². The molecule has 1 N–H and O–H groups in total. The van der Waals surface area contributed by atoms with Crippen LogP contribution in [0.1, 0.15) is 29.9 Å². The first-order valence-electron chi connectivity index (χ1n) is 9.00. The van der Waals surface area contributed by atoms with Crippen LogP contribution in [0.2, 0.25) is 0 Å². The lowest BCUT2D eigenvalue weighted by atomic mass is 10.2. The van der Waals surface area contributed by atoms with Crippen molar-refractivity contribution in [3.05, 3.63) is 65.9 Å². The number of nitrogens with zero attached hydrogens (tertiary/aromatic N) is 3. The Morgan fingerprint density at radius 1 is 1.14 bits per heavy atom. The van der Waals surface area contributed by atoms with Gasteiger partial charge in [0.15, 0.2) is 0 Å². The van der Waals surface area contributed by atoms with Crippen LogP contribution in [0.5, 0.6) is 0 Å². The molecule has 0 spiro atoms. The molecule has 2 aromatic heterocycles. The molecule has 0 aliphatic heterocycles. The molecule has 0 aliphatic rings. The van der Waals surface area contributed by atoms with E-state index in [0.717, 1.165) is 25.9 Å². The number of nitrogens with one attached hydrogen (secondary N) is 1. The van der Waals surface area contributed by atoms with Gasteiger partial charge in [0.2, 0.25) is 5.13 Å². The predicted molar refractivity (Wildman–Crippen MR) is 117 cm³/mol. The molecule has 142 valence electrons. The van der Waals surface area contributed by atoms with Crippen molar-refractivity contribution < 1.29 is 4.79 Å². The van der Waals surface area contributed by atoms with E-state index in [4.69, 9.17) is 0 Å². The second-order valence-corrected chi connectivity index (χ2v) is 9.35. The van der Waals surface area contributed by atoms with E-state index in [2.05, 4.69) is 29.2 Å². The van der Waals surface area contributed by atoms with Gasteiger partial charge < -0.3 is 5.32 Å². The predicted octanol–water partition coefficient (Wildman–Crippen LogP) is 5.54. The fraction of sp³-hybridized carbons (Fsp3) is 0.190. The number of rotatable bonds is 5. The minimum absolute atomic E-state index is 0.164. The summed E-state index contributed by atoms with van der Waals surface area (Å²) in [4.78, 5) is 18.5. The Bertz CT molecular complexity index is 1100. The van der Waals surface area contributed by atoms with Crippen LogP contribution in [0.15, 0.2) is 59.5 Å². The second-order valence-electron chi connectivity index (χ2n) is 6.69. The topological polar surface area (TPSA) is 59.8 Å². The van der Waals surface area contributed by atoms with Crippen LogP contribution in [0.4, 0.5) is 5.82 Å². The summed E-state index contributed by atoms with van der Waals surface area (Å²) in [6.45, 7) is 6.20. The summed E-state index contributed by atoms with van der Waals surface area (Å²) in [6.07, 6.45) is 0. The standard InChI is InChI=1S/C21H20N4OS2/c1-13(2)27-16-10-8-15(9-11-16)20(26)23-19-12-14(3)24-25(19)21-22-17-6-4-5-7-18(17)28-21/h4-13H,1-3H3,(H,23,26). The van der Waals surface area contributed by atoms with Crippen molar-refractivity contribution in [2.24, 2.45) is 0 Å². The molecule has 0 aliphatic carbocycles. The molecule has 28 heavy (non-hydrogen) atoms. The van der Waals surface area contributed by atoms with Gasteiger partial charge in [-0.05, 0) is 43.3 Å². The van der Waals surface area contributed by atoms with Gasteiger partial charge in [0.05, 0.1) is 15.9 Å². The quantitative estimate of drug-likeness (QED) is 0.440. The third kappa shape index (κ3) is 3.95. The molecule has 0 bridgehead atoms. The van der Waals surface area contributed by atoms with Crippen molar-refractivity contribution in [3.8, 4) is 5.13 Å². The molecule has 1 amide bonds. The van der Waals surface area contributed by atoms with Crippen molar-refractivity contribution in [1.29, 1.82) is 0 Å². The maximum absolute atomic E-state index is 12.7. The summed E-state index contributed by atoms with van der Waals surface area (Å²) < 4.78 is 2.78. The van der Waals surface area contributed by atoms with Crippen LogP contribution in [-0.2, 0) is 0 Å². The van der Waals surface area contributed by atoms with Gasteiger partial charge in [-0.1, -0.05) is 37.3 Å². The summed E-state index contributed by atoms with van der Waals surface area (Å²) in [5.41, 5.74) is 2.35. The smallest absolute Gasteiger partial charge is 0.256 e. The van der Waals surface area contributed by atoms with Crippen LogP contribution >= 0.6 is 23.1 Å². The third-order valence-electron chi connectivity index (χ3n) is 4.03. The first kappa shape index (κ1) is 18.7. The fourth-order valence-corrected chi connectivity index (χ4v) is 4.60. The Balaban J connectivity index is 1.59. The average Bonchev–Trinajstić information content (AvgIpc) is 3.24. The van der Waals surface area contributed by atoms with Gasteiger partial charge >= 0.3 is 0 Å². The third-order valence-corrected chi connectivity index (χ3v) is 6.05. The zero-order valence-electron chi connectivity index (χ0n) is 15.8. The monoisotopic (exact) mass is 408 g/mol. The van der Waals surface area contributed by atoms with Gasteiger partial charge in [0, 0.05) is 21.8 Å². The highest BCUT2D eigenvalue weighted by Crippen LogP contribution is 2.27. The highest BCUT2D eigenvalue weighted by molar-refractivity contribution is 7.99. The zero-order chi connectivity index (χ0) is 19.7. The molecule has 7 heteroatoms. The number of benzene rings is 2. The number of thiazole rings is 1. The van der Waals surface area contributed by atoms with E-state index in [1.807, 2.05) is 61.5 Å². The highest BCUT2D eigenvalue weighted by Gasteiger charge is 2.15. The molecule has 2 heterocycles. The first-order chi connectivity index (χ1) is 13.5. The van der Waals surface area contributed by atoms with Crippen LogP contribution in [-0.4, -0.2) is 25.9 Å². The van der Waals surface area contributed by atoms with Gasteiger partial charge in [-0.15, -0.1) is 11.8 Å². The first-order valence-corrected chi connectivity index (χ1v) is 10.7. The van der Waals surface area contributed by atoms with E-state index in [9.17, 15) is 4.79 Å². The zero-order valence-corrected chi connectivity index (χ0v) is 17.5. The Kier molecular flexibility index (Phi) is 5.19. The van der Waals surface area contributed by atoms with Crippen molar-refractivity contribution in [3.63, 3.8) is 0 Å². The van der Waals surface area contributed by atoms with E-state index in [0.29, 0.717) is 16.6 Å². The number of hydrogen-bond acceptors (Lipinski definition) is 5. The molecular weight excluding hydrogens is 388 g/mol. The molecule has 2 aromatic carbocycles. The minimum atomic E-state index is -0.164. The normalized spacial score (nSPS) is 11.3. The molecule has 0 unspecified atom stereocenters. The number of aryl methyl sites for hydroxylation is 1. The molecule has 0 saturated heterocycles. The lowest BCUT2D eigenvalue weighted by Gasteiger charge is -2.08. The number of carbonyl (C=O) groups excluding carboxylic acids is 1. The molecule has 0 fully saturated rings. The number of hydrogen-bond donors (Lipinski definition) is 1. The van der Waals surface area contributed by atoms with E-state index in [-0.39, 0.29) is 5.91 Å². The Morgan fingerprint density at radius 2 is 1.89 bits per heavy atom. The van der Waals surface area contributed by atoms with Gasteiger partial charge in [-0.3, -0.25) is 4.79 Å². The van der Waals surface area contributed by atoms with Crippen molar-refractivity contribution >= 4 is 45.0 Å². The van der Waals surface area contributed by atoms with E-state index in [1.54, 1.807) is 27.8 Å². The molecule has 0 radical (unpaired) electrons. The number of anilines is 1. The fourth-order valence-electron chi connectivity index (χ4n) is 2.83. The van der Waals surface area contributed by atoms with Gasteiger partial charge in [0.25, 0.3) is 5.91 Å². The van der Waals surface area contributed by atoms with Crippen LogP contribution in [0, 0.1) is 6.92 Å². The van der Waals surface area contributed by atoms with Crippen molar-refractivity contribution in [1.82, 2.24) is 14.8 Å². The Labute approximate surface area is 171 Å². The van der Waals surface area contributed by atoms with Gasteiger partial charge in [0.1, 0.15) is 5.82 Å². The summed E-state index contributed by atoms with van der Waals surface area (Å²) in [5.74, 6) is 0.450. The lowest BCUT2D eigenvalue weighted by molar-refractivity contribution is 0.102. The summed E-state index contributed by atoms with van der Waals surface area (Å²) in [7, 11) is 0. The molecule has 4 rings (SSSR count). The van der Waals surface area contributed by atoms with E-state index in [1.165, 1.54) is 0 Å². The van der Waals surface area contributed by atoms with E-state index >= 15 is 0 Å². The number of carbonyl (C=O) groups is 1. The minimum Gasteiger partial charge on any atom is -0.306 e. The average molecular weight is 409 g/mol. The number of para-hydroxylation sites is 1. The summed E-state index contributed by atoms with van der Waals surface area (Å²) in [6, 6.07) is 17.5. The number of amides is 1. The van der Waals surface area contributed by atoms with Gasteiger partial charge in [-0.25, -0.2) is 4.98 Å².